The van der Waals surface area contributed by atoms with Gasteiger partial charge < -0.3 is 5.73 Å². The van der Waals surface area contributed by atoms with E-state index in [2.05, 4.69) is 25.7 Å². The lowest BCUT2D eigenvalue weighted by atomic mass is 10.1. The summed E-state index contributed by atoms with van der Waals surface area (Å²) >= 11 is 0. The molecule has 0 bridgehead atoms. The molecule has 2 N–H and O–H groups in total. The van der Waals surface area contributed by atoms with Crippen molar-refractivity contribution in [2.75, 3.05) is 6.54 Å². The molecule has 0 heterocycles. The summed E-state index contributed by atoms with van der Waals surface area (Å²) < 4.78 is 0. The molecule has 1 heteroatoms. The summed E-state index contributed by atoms with van der Waals surface area (Å²) in [5.41, 5.74) is 7.88. The maximum absolute atomic E-state index is 5.47. The SMILES string of the molecule is C=C/C(=C\C(=C/C)CC)CN. The van der Waals surface area contributed by atoms with E-state index in [9.17, 15) is 0 Å². The Balaban J connectivity index is 4.35. The van der Waals surface area contributed by atoms with Crippen LogP contribution in [-0.2, 0) is 0 Å². The number of hydrogen-bond acceptors (Lipinski definition) is 1. The smallest absolute Gasteiger partial charge is 0.0177 e. The number of rotatable bonds is 4. The van der Waals surface area contributed by atoms with Crippen molar-refractivity contribution in [1.29, 1.82) is 0 Å². The summed E-state index contributed by atoms with van der Waals surface area (Å²) in [7, 11) is 0. The van der Waals surface area contributed by atoms with Crippen molar-refractivity contribution in [3.05, 3.63) is 36.0 Å². The quantitative estimate of drug-likeness (QED) is 0.613. The third-order valence-electron chi connectivity index (χ3n) is 1.65. The minimum absolute atomic E-state index is 0.570. The molecule has 0 aliphatic heterocycles. The molecule has 0 rings (SSSR count). The number of hydrogen-bond donors (Lipinski definition) is 1. The topological polar surface area (TPSA) is 26.0 Å². The van der Waals surface area contributed by atoms with Gasteiger partial charge in [-0.2, -0.15) is 0 Å². The molecule has 0 aromatic rings. The van der Waals surface area contributed by atoms with Crippen LogP contribution >= 0.6 is 0 Å². The van der Waals surface area contributed by atoms with Crippen LogP contribution in [-0.4, -0.2) is 6.54 Å². The highest BCUT2D eigenvalue weighted by Crippen LogP contribution is 2.06. The summed E-state index contributed by atoms with van der Waals surface area (Å²) in [5, 5.41) is 0. The van der Waals surface area contributed by atoms with E-state index in [1.165, 1.54) is 5.57 Å². The Bertz CT molecular complexity index is 175. The Kier molecular flexibility index (Phi) is 5.49. The molecule has 0 aliphatic carbocycles. The van der Waals surface area contributed by atoms with Gasteiger partial charge >= 0.3 is 0 Å². The predicted molar refractivity (Wildman–Crippen MR) is 51.4 cm³/mol. The van der Waals surface area contributed by atoms with Crippen molar-refractivity contribution in [2.24, 2.45) is 5.73 Å². The van der Waals surface area contributed by atoms with Gasteiger partial charge in [0.15, 0.2) is 0 Å². The first-order chi connectivity index (χ1) is 5.28. The maximum Gasteiger partial charge on any atom is 0.0177 e. The Morgan fingerprint density at radius 1 is 1.45 bits per heavy atom. The first kappa shape index (κ1) is 10.2. The molecule has 0 aromatic heterocycles. The second kappa shape index (κ2) is 5.93. The van der Waals surface area contributed by atoms with Gasteiger partial charge in [-0.1, -0.05) is 37.3 Å². The fraction of sp³-hybridized carbons (Fsp3) is 0.400. The zero-order valence-corrected chi connectivity index (χ0v) is 7.43. The van der Waals surface area contributed by atoms with E-state index in [-0.39, 0.29) is 0 Å². The number of allylic oxidation sites excluding steroid dienone is 3. The molecular weight excluding hydrogens is 134 g/mol. The van der Waals surface area contributed by atoms with Crippen LogP contribution in [0.25, 0.3) is 0 Å². The van der Waals surface area contributed by atoms with Gasteiger partial charge in [0.05, 0.1) is 0 Å². The first-order valence-corrected chi connectivity index (χ1v) is 3.96. The fourth-order valence-electron chi connectivity index (χ4n) is 0.829. The summed E-state index contributed by atoms with van der Waals surface area (Å²) in [6.07, 6.45) is 7.04. The molecule has 0 aromatic carbocycles. The molecule has 62 valence electrons. The van der Waals surface area contributed by atoms with E-state index in [4.69, 9.17) is 5.73 Å². The molecule has 0 aliphatic rings. The molecule has 0 atom stereocenters. The molecular formula is C10H17N. The average Bonchev–Trinajstić information content (AvgIpc) is 2.07. The van der Waals surface area contributed by atoms with Gasteiger partial charge in [0.1, 0.15) is 0 Å². The molecule has 0 saturated heterocycles. The third-order valence-corrected chi connectivity index (χ3v) is 1.65. The fourth-order valence-corrected chi connectivity index (χ4v) is 0.829. The van der Waals surface area contributed by atoms with Gasteiger partial charge in [-0.3, -0.25) is 0 Å². The maximum atomic E-state index is 5.47. The van der Waals surface area contributed by atoms with E-state index < -0.39 is 0 Å². The Labute approximate surface area is 69.3 Å². The van der Waals surface area contributed by atoms with Crippen molar-refractivity contribution >= 4 is 0 Å². The van der Waals surface area contributed by atoms with Crippen LogP contribution < -0.4 is 5.73 Å². The highest BCUT2D eigenvalue weighted by Gasteiger charge is 1.89. The zero-order valence-electron chi connectivity index (χ0n) is 7.43. The molecule has 0 unspecified atom stereocenters. The van der Waals surface area contributed by atoms with E-state index in [0.717, 1.165) is 12.0 Å². The van der Waals surface area contributed by atoms with E-state index in [1.54, 1.807) is 6.08 Å². The lowest BCUT2D eigenvalue weighted by molar-refractivity contribution is 1.11. The lowest BCUT2D eigenvalue weighted by Gasteiger charge is -1.98. The predicted octanol–water partition coefficient (Wildman–Crippen LogP) is 2.41. The van der Waals surface area contributed by atoms with Crippen molar-refractivity contribution < 1.29 is 0 Å². The van der Waals surface area contributed by atoms with Crippen LogP contribution in [0.4, 0.5) is 0 Å². The minimum Gasteiger partial charge on any atom is -0.326 e. The summed E-state index contributed by atoms with van der Waals surface area (Å²) in [6.45, 7) is 8.41. The first-order valence-electron chi connectivity index (χ1n) is 3.96. The number of nitrogens with two attached hydrogens (primary N) is 1. The standard InChI is InChI=1S/C10H17N/c1-4-9(5-2)7-10(6-3)8-11/h4,6-7H,3,5,8,11H2,1-2H3/b9-4-,10-7+. The van der Waals surface area contributed by atoms with Crippen LogP contribution in [0, 0.1) is 0 Å². The lowest BCUT2D eigenvalue weighted by Crippen LogP contribution is -2.00. The van der Waals surface area contributed by atoms with Crippen LogP contribution in [0.15, 0.2) is 36.0 Å². The summed E-state index contributed by atoms with van der Waals surface area (Å²) in [6, 6.07) is 0. The molecule has 0 saturated carbocycles. The van der Waals surface area contributed by atoms with Crippen molar-refractivity contribution in [1.82, 2.24) is 0 Å². The van der Waals surface area contributed by atoms with Gasteiger partial charge in [-0.25, -0.2) is 0 Å². The second-order valence-corrected chi connectivity index (χ2v) is 2.34. The second-order valence-electron chi connectivity index (χ2n) is 2.34. The normalized spacial score (nSPS) is 13.4. The summed E-state index contributed by atoms with van der Waals surface area (Å²) in [5.74, 6) is 0. The molecule has 1 nitrogen and oxygen atoms in total. The largest absolute Gasteiger partial charge is 0.326 e. The third kappa shape index (κ3) is 3.79. The van der Waals surface area contributed by atoms with Gasteiger partial charge in [-0.05, 0) is 18.9 Å². The van der Waals surface area contributed by atoms with Crippen LogP contribution in [0.3, 0.4) is 0 Å². The molecule has 0 spiro atoms. The minimum atomic E-state index is 0.570. The van der Waals surface area contributed by atoms with E-state index >= 15 is 0 Å². The van der Waals surface area contributed by atoms with Crippen molar-refractivity contribution in [2.45, 2.75) is 20.3 Å². The molecule has 0 radical (unpaired) electrons. The molecule has 0 fully saturated rings. The van der Waals surface area contributed by atoms with E-state index in [1.807, 2.05) is 6.92 Å². The molecule has 0 amide bonds. The monoisotopic (exact) mass is 151 g/mol. The highest BCUT2D eigenvalue weighted by atomic mass is 14.5. The highest BCUT2D eigenvalue weighted by molar-refractivity contribution is 5.29. The van der Waals surface area contributed by atoms with Gasteiger partial charge in [0.2, 0.25) is 0 Å². The summed E-state index contributed by atoms with van der Waals surface area (Å²) in [4.78, 5) is 0. The Hall–Kier alpha value is -0.820. The van der Waals surface area contributed by atoms with Crippen molar-refractivity contribution in [3.63, 3.8) is 0 Å². The van der Waals surface area contributed by atoms with Gasteiger partial charge in [0, 0.05) is 6.54 Å². The van der Waals surface area contributed by atoms with Crippen LogP contribution in [0.2, 0.25) is 0 Å². The Morgan fingerprint density at radius 3 is 2.36 bits per heavy atom. The van der Waals surface area contributed by atoms with Gasteiger partial charge in [-0.15, -0.1) is 0 Å². The van der Waals surface area contributed by atoms with Crippen LogP contribution in [0.1, 0.15) is 20.3 Å². The van der Waals surface area contributed by atoms with Gasteiger partial charge in [0.25, 0.3) is 0 Å². The zero-order chi connectivity index (χ0) is 8.69. The Morgan fingerprint density at radius 2 is 2.09 bits per heavy atom. The van der Waals surface area contributed by atoms with E-state index in [0.29, 0.717) is 6.54 Å². The van der Waals surface area contributed by atoms with Crippen LogP contribution in [0.5, 0.6) is 0 Å². The molecule has 11 heavy (non-hydrogen) atoms. The van der Waals surface area contributed by atoms with Crippen molar-refractivity contribution in [3.8, 4) is 0 Å². The average molecular weight is 151 g/mol.